The van der Waals surface area contributed by atoms with Crippen LogP contribution in [0.3, 0.4) is 0 Å². The van der Waals surface area contributed by atoms with Gasteiger partial charge in [0.2, 0.25) is 0 Å². The van der Waals surface area contributed by atoms with E-state index in [0.29, 0.717) is 11.8 Å². The Morgan fingerprint density at radius 3 is 2.54 bits per heavy atom. The number of rotatable bonds is 5. The van der Waals surface area contributed by atoms with E-state index in [1.54, 1.807) is 19.1 Å². The molecule has 7 heteroatoms. The number of hydrogen-bond donors (Lipinski definition) is 1. The Morgan fingerprint density at radius 1 is 1.12 bits per heavy atom. The molecule has 126 valence electrons. The molecule has 1 amide bonds. The summed E-state index contributed by atoms with van der Waals surface area (Å²) in [5, 5.41) is 2.56. The van der Waals surface area contributed by atoms with E-state index in [2.05, 4.69) is 10.1 Å². The van der Waals surface area contributed by atoms with Crippen molar-refractivity contribution in [3.05, 3.63) is 59.2 Å². The Hall–Kier alpha value is -2.96. The molecular weight excluding hydrogens is 320 g/mol. The van der Waals surface area contributed by atoms with Crippen molar-refractivity contribution < 1.29 is 27.8 Å². The van der Waals surface area contributed by atoms with Gasteiger partial charge in [-0.2, -0.15) is 0 Å². The number of aryl methyl sites for hydroxylation is 1. The van der Waals surface area contributed by atoms with Crippen LogP contribution in [-0.4, -0.2) is 25.6 Å². The van der Waals surface area contributed by atoms with Crippen LogP contribution < -0.4 is 10.1 Å². The first-order valence-corrected chi connectivity index (χ1v) is 6.97. The van der Waals surface area contributed by atoms with Crippen LogP contribution in [0.2, 0.25) is 0 Å². The largest absolute Gasteiger partial charge is 0.481 e. The second-order valence-electron chi connectivity index (χ2n) is 4.93. The maximum Gasteiger partial charge on any atom is 0.337 e. The van der Waals surface area contributed by atoms with E-state index >= 15 is 0 Å². The van der Waals surface area contributed by atoms with Gasteiger partial charge in [0.1, 0.15) is 5.82 Å². The first-order chi connectivity index (χ1) is 11.4. The lowest BCUT2D eigenvalue weighted by Gasteiger charge is -2.11. The molecule has 2 aromatic rings. The lowest BCUT2D eigenvalue weighted by Crippen LogP contribution is -2.21. The number of methoxy groups -OCH3 is 1. The van der Waals surface area contributed by atoms with Gasteiger partial charge in [0.05, 0.1) is 12.7 Å². The highest BCUT2D eigenvalue weighted by molar-refractivity contribution is 5.95. The van der Waals surface area contributed by atoms with Gasteiger partial charge in [-0.25, -0.2) is 13.6 Å². The topological polar surface area (TPSA) is 64.6 Å². The first-order valence-electron chi connectivity index (χ1n) is 6.97. The maximum atomic E-state index is 13.4. The Bertz CT molecular complexity index is 777. The first kappa shape index (κ1) is 17.4. The van der Waals surface area contributed by atoms with E-state index in [9.17, 15) is 18.4 Å². The number of nitrogens with one attached hydrogen (secondary N) is 1. The van der Waals surface area contributed by atoms with Crippen molar-refractivity contribution in [1.29, 1.82) is 0 Å². The van der Waals surface area contributed by atoms with E-state index in [4.69, 9.17) is 4.74 Å². The highest BCUT2D eigenvalue weighted by atomic mass is 19.1. The van der Waals surface area contributed by atoms with Gasteiger partial charge in [0.15, 0.2) is 18.2 Å². The zero-order chi connectivity index (χ0) is 17.7. The van der Waals surface area contributed by atoms with Crippen molar-refractivity contribution in [2.45, 2.75) is 6.92 Å². The van der Waals surface area contributed by atoms with Crippen LogP contribution in [0.1, 0.15) is 15.9 Å². The molecule has 0 aromatic heterocycles. The van der Waals surface area contributed by atoms with Crippen molar-refractivity contribution in [3.8, 4) is 5.75 Å². The van der Waals surface area contributed by atoms with Gasteiger partial charge >= 0.3 is 5.97 Å². The fraction of sp³-hybridized carbons (Fsp3) is 0.176. The molecule has 0 saturated carbocycles. The van der Waals surface area contributed by atoms with E-state index in [0.717, 1.165) is 17.7 Å². The number of ether oxygens (including phenoxy) is 2. The van der Waals surface area contributed by atoms with E-state index in [1.807, 2.05) is 0 Å². The van der Waals surface area contributed by atoms with Crippen molar-refractivity contribution in [3.63, 3.8) is 0 Å². The molecule has 0 bridgehead atoms. The van der Waals surface area contributed by atoms with Gasteiger partial charge in [-0.1, -0.05) is 6.07 Å². The molecule has 24 heavy (non-hydrogen) atoms. The Labute approximate surface area is 137 Å². The van der Waals surface area contributed by atoms with E-state index in [1.165, 1.54) is 13.2 Å². The average Bonchev–Trinajstić information content (AvgIpc) is 2.55. The minimum atomic E-state index is -0.897. The predicted octanol–water partition coefficient (Wildman–Crippen LogP) is 3.08. The number of esters is 1. The zero-order valence-electron chi connectivity index (χ0n) is 13.1. The fourth-order valence-electron chi connectivity index (χ4n) is 1.92. The van der Waals surface area contributed by atoms with Crippen LogP contribution in [0.25, 0.3) is 0 Å². The molecule has 0 saturated heterocycles. The summed E-state index contributed by atoms with van der Waals surface area (Å²) >= 11 is 0. The molecule has 0 aliphatic heterocycles. The van der Waals surface area contributed by atoms with Crippen molar-refractivity contribution in [1.82, 2.24) is 0 Å². The molecule has 2 rings (SSSR count). The second-order valence-corrected chi connectivity index (χ2v) is 4.93. The van der Waals surface area contributed by atoms with Crippen LogP contribution in [0.5, 0.6) is 5.75 Å². The molecule has 0 spiro atoms. The van der Waals surface area contributed by atoms with Gasteiger partial charge in [-0.15, -0.1) is 0 Å². The standard InChI is InChI=1S/C17H15F2NO4/c1-10-3-4-11(17(22)23-2)7-14(10)20-16(21)9-24-15-6-5-12(18)8-13(15)19/h3-8H,9H2,1-2H3,(H,20,21). The smallest absolute Gasteiger partial charge is 0.337 e. The van der Waals surface area contributed by atoms with E-state index < -0.39 is 30.1 Å². The Balaban J connectivity index is 2.03. The molecule has 0 heterocycles. The van der Waals surface area contributed by atoms with Gasteiger partial charge in [0, 0.05) is 11.8 Å². The number of amides is 1. The summed E-state index contributed by atoms with van der Waals surface area (Å²) < 4.78 is 35.9. The van der Waals surface area contributed by atoms with Gasteiger partial charge < -0.3 is 14.8 Å². The number of anilines is 1. The summed E-state index contributed by atoms with van der Waals surface area (Å²) in [5.41, 5.74) is 1.42. The number of halogens is 2. The average molecular weight is 335 g/mol. The van der Waals surface area contributed by atoms with Crippen LogP contribution in [0, 0.1) is 18.6 Å². The summed E-state index contributed by atoms with van der Waals surface area (Å²) in [6.07, 6.45) is 0. The quantitative estimate of drug-likeness (QED) is 0.853. The molecule has 1 N–H and O–H groups in total. The number of carbonyl (C=O) groups is 2. The van der Waals surface area contributed by atoms with Crippen molar-refractivity contribution >= 4 is 17.6 Å². The highest BCUT2D eigenvalue weighted by Crippen LogP contribution is 2.19. The van der Waals surface area contributed by atoms with Gasteiger partial charge in [-0.3, -0.25) is 4.79 Å². The molecule has 5 nitrogen and oxygen atoms in total. The highest BCUT2D eigenvalue weighted by Gasteiger charge is 2.12. The summed E-state index contributed by atoms with van der Waals surface area (Å²) in [5.74, 6) is -2.95. The summed E-state index contributed by atoms with van der Waals surface area (Å²) in [6.45, 7) is 1.28. The van der Waals surface area contributed by atoms with Crippen LogP contribution >= 0.6 is 0 Å². The monoisotopic (exact) mass is 335 g/mol. The number of carbonyl (C=O) groups excluding carboxylic acids is 2. The minimum absolute atomic E-state index is 0.230. The summed E-state index contributed by atoms with van der Waals surface area (Å²) in [4.78, 5) is 23.4. The summed E-state index contributed by atoms with van der Waals surface area (Å²) in [7, 11) is 1.26. The number of benzene rings is 2. The molecular formula is C17H15F2NO4. The Kier molecular flexibility index (Phi) is 5.47. The lowest BCUT2D eigenvalue weighted by atomic mass is 10.1. The summed E-state index contributed by atoms with van der Waals surface area (Å²) in [6, 6.07) is 7.49. The predicted molar refractivity (Wildman–Crippen MR) is 83.0 cm³/mol. The lowest BCUT2D eigenvalue weighted by molar-refractivity contribution is -0.118. The molecule has 0 aliphatic rings. The molecule has 2 aromatic carbocycles. The van der Waals surface area contributed by atoms with Crippen LogP contribution in [-0.2, 0) is 9.53 Å². The normalized spacial score (nSPS) is 10.2. The number of hydrogen-bond acceptors (Lipinski definition) is 4. The molecule has 0 unspecified atom stereocenters. The SMILES string of the molecule is COC(=O)c1ccc(C)c(NC(=O)COc2ccc(F)cc2F)c1. The van der Waals surface area contributed by atoms with Crippen molar-refractivity contribution in [2.24, 2.45) is 0 Å². The van der Waals surface area contributed by atoms with Gasteiger partial charge in [0.25, 0.3) is 5.91 Å². The minimum Gasteiger partial charge on any atom is -0.481 e. The third kappa shape index (κ3) is 4.28. The maximum absolute atomic E-state index is 13.4. The third-order valence-electron chi connectivity index (χ3n) is 3.19. The molecule has 0 aliphatic carbocycles. The Morgan fingerprint density at radius 2 is 1.88 bits per heavy atom. The third-order valence-corrected chi connectivity index (χ3v) is 3.19. The van der Waals surface area contributed by atoms with Crippen molar-refractivity contribution in [2.75, 3.05) is 19.0 Å². The van der Waals surface area contributed by atoms with Gasteiger partial charge in [-0.05, 0) is 36.8 Å². The zero-order valence-corrected chi connectivity index (χ0v) is 13.1. The fourth-order valence-corrected chi connectivity index (χ4v) is 1.92. The van der Waals surface area contributed by atoms with E-state index in [-0.39, 0.29) is 11.3 Å². The van der Waals surface area contributed by atoms with Crippen LogP contribution in [0.15, 0.2) is 36.4 Å². The van der Waals surface area contributed by atoms with Crippen LogP contribution in [0.4, 0.5) is 14.5 Å². The second kappa shape index (κ2) is 7.54. The molecule has 0 radical (unpaired) electrons. The molecule has 0 fully saturated rings. The molecule has 0 atom stereocenters.